The zero-order valence-electron chi connectivity index (χ0n) is 13.1. The number of carbonyl (C=O) groups excluding carboxylic acids is 3. The van der Waals surface area contributed by atoms with Crippen LogP contribution in [0.15, 0.2) is 48.5 Å². The predicted octanol–water partition coefficient (Wildman–Crippen LogP) is 2.56. The summed E-state index contributed by atoms with van der Waals surface area (Å²) in [5, 5.41) is 0. The van der Waals surface area contributed by atoms with Crippen molar-refractivity contribution in [2.75, 3.05) is 0 Å². The molecule has 0 atom stereocenters. The molecular weight excluding hydrogens is 311 g/mol. The highest BCUT2D eigenvalue weighted by molar-refractivity contribution is 5.99. The second kappa shape index (κ2) is 8.01. The lowest BCUT2D eigenvalue weighted by Gasteiger charge is -2.09. The van der Waals surface area contributed by atoms with E-state index < -0.39 is 17.6 Å². The van der Waals surface area contributed by atoms with Gasteiger partial charge in [0.25, 0.3) is 5.91 Å². The Labute approximate surface area is 138 Å². The lowest BCUT2D eigenvalue weighted by molar-refractivity contribution is -0.121. The van der Waals surface area contributed by atoms with E-state index in [0.29, 0.717) is 11.1 Å². The van der Waals surface area contributed by atoms with Crippen LogP contribution in [0.4, 0.5) is 4.39 Å². The van der Waals surface area contributed by atoms with Crippen molar-refractivity contribution in [3.8, 4) is 0 Å². The average Bonchev–Trinajstić information content (AvgIpc) is 2.58. The Morgan fingerprint density at radius 1 is 0.917 bits per heavy atom. The van der Waals surface area contributed by atoms with Gasteiger partial charge >= 0.3 is 0 Å². The standard InChI is InChI=1S/C18H17FN2O3/c1-12-4-2-3-5-15(12)18(24)21-20-17(23)11-10-16(22)13-6-8-14(19)9-7-13/h2-9H,10-11H2,1H3,(H,20,23)(H,21,24). The molecule has 0 saturated carbocycles. The van der Waals surface area contributed by atoms with E-state index in [9.17, 15) is 18.8 Å². The number of carbonyl (C=O) groups is 3. The highest BCUT2D eigenvalue weighted by Gasteiger charge is 2.12. The molecule has 2 rings (SSSR count). The topological polar surface area (TPSA) is 75.3 Å². The fourth-order valence-electron chi connectivity index (χ4n) is 2.09. The number of nitrogens with one attached hydrogen (secondary N) is 2. The van der Waals surface area contributed by atoms with E-state index in [2.05, 4.69) is 10.9 Å². The van der Waals surface area contributed by atoms with Gasteiger partial charge in [0.1, 0.15) is 5.82 Å². The summed E-state index contributed by atoms with van der Waals surface area (Å²) in [5.74, 6) is -1.60. The minimum atomic E-state index is -0.479. The van der Waals surface area contributed by atoms with Crippen molar-refractivity contribution in [3.63, 3.8) is 0 Å². The van der Waals surface area contributed by atoms with Crippen LogP contribution in [0.2, 0.25) is 0 Å². The number of rotatable bonds is 5. The van der Waals surface area contributed by atoms with Gasteiger partial charge in [0.05, 0.1) is 0 Å². The van der Waals surface area contributed by atoms with Crippen molar-refractivity contribution in [3.05, 3.63) is 71.0 Å². The molecule has 0 heterocycles. The smallest absolute Gasteiger partial charge is 0.269 e. The lowest BCUT2D eigenvalue weighted by atomic mass is 10.1. The van der Waals surface area contributed by atoms with Gasteiger partial charge in [-0.3, -0.25) is 25.2 Å². The molecule has 0 aliphatic rings. The molecular formula is C18H17FN2O3. The number of hydrogen-bond donors (Lipinski definition) is 2. The first-order valence-electron chi connectivity index (χ1n) is 7.41. The Morgan fingerprint density at radius 3 is 2.25 bits per heavy atom. The molecule has 0 spiro atoms. The summed E-state index contributed by atoms with van der Waals surface area (Å²) in [5.41, 5.74) is 6.17. The summed E-state index contributed by atoms with van der Waals surface area (Å²) >= 11 is 0. The molecule has 0 saturated heterocycles. The third kappa shape index (κ3) is 4.74. The maximum absolute atomic E-state index is 12.8. The van der Waals surface area contributed by atoms with Crippen LogP contribution in [0.25, 0.3) is 0 Å². The second-order valence-electron chi connectivity index (χ2n) is 5.25. The Hall–Kier alpha value is -3.02. The maximum atomic E-state index is 12.8. The van der Waals surface area contributed by atoms with E-state index in [1.807, 2.05) is 6.07 Å². The monoisotopic (exact) mass is 328 g/mol. The SMILES string of the molecule is Cc1ccccc1C(=O)NNC(=O)CCC(=O)c1ccc(F)cc1. The Morgan fingerprint density at radius 2 is 1.58 bits per heavy atom. The third-order valence-corrected chi connectivity index (χ3v) is 3.45. The van der Waals surface area contributed by atoms with E-state index in [1.54, 1.807) is 25.1 Å². The number of hydrogen-bond acceptors (Lipinski definition) is 3. The molecule has 2 N–H and O–H groups in total. The first-order chi connectivity index (χ1) is 11.5. The summed E-state index contributed by atoms with van der Waals surface area (Å²) < 4.78 is 12.8. The zero-order valence-corrected chi connectivity index (χ0v) is 13.1. The van der Waals surface area contributed by atoms with Gasteiger partial charge in [-0.25, -0.2) is 4.39 Å². The maximum Gasteiger partial charge on any atom is 0.269 e. The van der Waals surface area contributed by atoms with Crippen LogP contribution in [0.3, 0.4) is 0 Å². The molecule has 5 nitrogen and oxygen atoms in total. The first kappa shape index (κ1) is 17.3. The third-order valence-electron chi connectivity index (χ3n) is 3.45. The van der Waals surface area contributed by atoms with Gasteiger partial charge < -0.3 is 0 Å². The minimum Gasteiger partial charge on any atom is -0.294 e. The van der Waals surface area contributed by atoms with Crippen LogP contribution < -0.4 is 10.9 Å². The van der Waals surface area contributed by atoms with Crippen LogP contribution in [0.5, 0.6) is 0 Å². The molecule has 2 amide bonds. The van der Waals surface area contributed by atoms with Gasteiger partial charge in [-0.15, -0.1) is 0 Å². The highest BCUT2D eigenvalue weighted by Crippen LogP contribution is 2.08. The Kier molecular flexibility index (Phi) is 5.78. The molecule has 2 aromatic rings. The zero-order chi connectivity index (χ0) is 17.5. The van der Waals surface area contributed by atoms with Crippen LogP contribution in [-0.4, -0.2) is 17.6 Å². The molecule has 0 aromatic heterocycles. The van der Waals surface area contributed by atoms with Gasteiger partial charge in [-0.1, -0.05) is 18.2 Å². The largest absolute Gasteiger partial charge is 0.294 e. The van der Waals surface area contributed by atoms with Crippen LogP contribution in [-0.2, 0) is 4.79 Å². The lowest BCUT2D eigenvalue weighted by Crippen LogP contribution is -2.41. The predicted molar refractivity (Wildman–Crippen MR) is 86.8 cm³/mol. The molecule has 124 valence electrons. The van der Waals surface area contributed by atoms with Gasteiger partial charge in [-0.05, 0) is 42.8 Å². The summed E-state index contributed by atoms with van der Waals surface area (Å²) in [4.78, 5) is 35.5. The second-order valence-corrected chi connectivity index (χ2v) is 5.25. The first-order valence-corrected chi connectivity index (χ1v) is 7.41. The number of Topliss-reactive ketones (excluding diaryl/α,β-unsaturated/α-hetero) is 1. The quantitative estimate of drug-likeness (QED) is 0.654. The molecule has 6 heteroatoms. The number of benzene rings is 2. The van der Waals surface area contributed by atoms with E-state index >= 15 is 0 Å². The van der Waals surface area contributed by atoms with Crippen LogP contribution >= 0.6 is 0 Å². The average molecular weight is 328 g/mol. The van der Waals surface area contributed by atoms with Crippen molar-refractivity contribution in [2.45, 2.75) is 19.8 Å². The molecule has 0 bridgehead atoms. The summed E-state index contributed by atoms with van der Waals surface area (Å²) in [6.45, 7) is 1.79. The Balaban J connectivity index is 1.79. The van der Waals surface area contributed by atoms with Crippen molar-refractivity contribution in [1.82, 2.24) is 10.9 Å². The molecule has 24 heavy (non-hydrogen) atoms. The molecule has 0 aliphatic carbocycles. The number of ketones is 1. The fraction of sp³-hybridized carbons (Fsp3) is 0.167. The van der Waals surface area contributed by atoms with Crippen LogP contribution in [0, 0.1) is 12.7 Å². The Bertz CT molecular complexity index is 757. The normalized spacial score (nSPS) is 10.1. The van der Waals surface area contributed by atoms with Gasteiger partial charge in [0, 0.05) is 24.0 Å². The summed E-state index contributed by atoms with van der Waals surface area (Å²) in [6, 6.07) is 12.1. The van der Waals surface area contributed by atoms with Gasteiger partial charge in [-0.2, -0.15) is 0 Å². The van der Waals surface area contributed by atoms with E-state index in [-0.39, 0.29) is 18.6 Å². The molecule has 0 aliphatic heterocycles. The van der Waals surface area contributed by atoms with E-state index in [4.69, 9.17) is 0 Å². The number of amides is 2. The van der Waals surface area contributed by atoms with Crippen molar-refractivity contribution >= 4 is 17.6 Å². The van der Waals surface area contributed by atoms with Gasteiger partial charge in [0.2, 0.25) is 5.91 Å². The van der Waals surface area contributed by atoms with E-state index in [1.165, 1.54) is 24.3 Å². The number of halogens is 1. The number of aryl methyl sites for hydroxylation is 1. The van der Waals surface area contributed by atoms with E-state index in [0.717, 1.165) is 5.56 Å². The van der Waals surface area contributed by atoms with Crippen molar-refractivity contribution in [2.24, 2.45) is 0 Å². The molecule has 2 aromatic carbocycles. The highest BCUT2D eigenvalue weighted by atomic mass is 19.1. The molecule has 0 fully saturated rings. The van der Waals surface area contributed by atoms with Crippen molar-refractivity contribution < 1.29 is 18.8 Å². The fourth-order valence-corrected chi connectivity index (χ4v) is 2.09. The minimum absolute atomic E-state index is 0.0301. The molecule has 0 radical (unpaired) electrons. The molecule has 0 unspecified atom stereocenters. The summed E-state index contributed by atoms with van der Waals surface area (Å²) in [7, 11) is 0. The number of hydrazine groups is 1. The van der Waals surface area contributed by atoms with Gasteiger partial charge in [0.15, 0.2) is 5.78 Å². The summed E-state index contributed by atoms with van der Waals surface area (Å²) in [6.07, 6.45) is -0.109. The van der Waals surface area contributed by atoms with Crippen molar-refractivity contribution in [1.29, 1.82) is 0 Å². The van der Waals surface area contributed by atoms with Crippen LogP contribution in [0.1, 0.15) is 39.1 Å².